The van der Waals surface area contributed by atoms with Gasteiger partial charge >= 0.3 is 0 Å². The zero-order chi connectivity index (χ0) is 22.3. The summed E-state index contributed by atoms with van der Waals surface area (Å²) in [6.07, 6.45) is 3.44. The van der Waals surface area contributed by atoms with Crippen LogP contribution in [0.1, 0.15) is 40.5 Å². The summed E-state index contributed by atoms with van der Waals surface area (Å²) in [5.74, 6) is 0.221. The van der Waals surface area contributed by atoms with E-state index in [1.807, 2.05) is 4.90 Å². The minimum atomic E-state index is -3.76. The van der Waals surface area contributed by atoms with Crippen LogP contribution in [-0.4, -0.2) is 38.2 Å². The smallest absolute Gasteiger partial charge is 0.238 e. The standard InChI is InChI=1S/C22H31N3O4S/c1-14(2)13-18-19(22(18,3)4)21(27)25-11-9-15(10-12-25)20(26)24-16-5-7-17(8-6-16)30(23,28)29/h5-8,13,15,18-19H,9-12H2,1-4H3,(H,24,26)(H2,23,28,29)/t18-,19-/m0/s1. The average Bonchev–Trinajstić information content (AvgIpc) is 3.20. The van der Waals surface area contributed by atoms with Crippen molar-refractivity contribution in [3.8, 4) is 0 Å². The van der Waals surface area contributed by atoms with Crippen molar-refractivity contribution in [3.05, 3.63) is 35.9 Å². The van der Waals surface area contributed by atoms with Gasteiger partial charge < -0.3 is 10.2 Å². The van der Waals surface area contributed by atoms with Crippen molar-refractivity contribution in [3.63, 3.8) is 0 Å². The fraction of sp³-hybridized carbons (Fsp3) is 0.545. The number of likely N-dealkylation sites (tertiary alicyclic amines) is 1. The number of amides is 2. The maximum Gasteiger partial charge on any atom is 0.238 e. The molecule has 2 amide bonds. The van der Waals surface area contributed by atoms with Gasteiger partial charge in [-0.05, 0) is 62.3 Å². The molecule has 2 atom stereocenters. The van der Waals surface area contributed by atoms with Crippen LogP contribution in [0.15, 0.2) is 40.8 Å². The zero-order valence-corrected chi connectivity index (χ0v) is 18.8. The molecule has 1 aromatic carbocycles. The molecule has 0 unspecified atom stereocenters. The van der Waals surface area contributed by atoms with Crippen molar-refractivity contribution in [2.75, 3.05) is 18.4 Å². The Labute approximate surface area is 178 Å². The quantitative estimate of drug-likeness (QED) is 0.696. The molecule has 0 aromatic heterocycles. The molecule has 164 valence electrons. The molecular weight excluding hydrogens is 402 g/mol. The van der Waals surface area contributed by atoms with Crippen molar-refractivity contribution in [1.29, 1.82) is 0 Å². The van der Waals surface area contributed by atoms with Crippen molar-refractivity contribution in [2.24, 2.45) is 28.3 Å². The summed E-state index contributed by atoms with van der Waals surface area (Å²) in [6.45, 7) is 9.55. The lowest BCUT2D eigenvalue weighted by atomic mass is 9.95. The summed E-state index contributed by atoms with van der Waals surface area (Å²) in [6, 6.07) is 5.78. The van der Waals surface area contributed by atoms with E-state index in [4.69, 9.17) is 5.14 Å². The van der Waals surface area contributed by atoms with E-state index in [9.17, 15) is 18.0 Å². The van der Waals surface area contributed by atoms with E-state index in [1.165, 1.54) is 29.8 Å². The molecule has 8 heteroatoms. The summed E-state index contributed by atoms with van der Waals surface area (Å²) in [5, 5.41) is 7.91. The zero-order valence-electron chi connectivity index (χ0n) is 18.0. The molecule has 1 saturated heterocycles. The number of carbonyl (C=O) groups excluding carboxylic acids is 2. The first-order valence-electron chi connectivity index (χ1n) is 10.3. The highest BCUT2D eigenvalue weighted by molar-refractivity contribution is 7.89. The molecular formula is C22H31N3O4S. The number of anilines is 1. The van der Waals surface area contributed by atoms with Gasteiger partial charge in [-0.1, -0.05) is 25.5 Å². The van der Waals surface area contributed by atoms with Gasteiger partial charge in [0.2, 0.25) is 21.8 Å². The topological polar surface area (TPSA) is 110 Å². The molecule has 3 rings (SSSR count). The Morgan fingerprint density at radius 1 is 1.13 bits per heavy atom. The molecule has 2 fully saturated rings. The monoisotopic (exact) mass is 433 g/mol. The molecule has 3 N–H and O–H groups in total. The highest BCUT2D eigenvalue weighted by Gasteiger charge is 2.61. The van der Waals surface area contributed by atoms with Crippen LogP contribution in [0.5, 0.6) is 0 Å². The maximum atomic E-state index is 13.0. The van der Waals surface area contributed by atoms with Gasteiger partial charge in [-0.25, -0.2) is 13.6 Å². The van der Waals surface area contributed by atoms with Crippen LogP contribution in [0.4, 0.5) is 5.69 Å². The normalized spacial score (nSPS) is 23.6. The number of carbonyl (C=O) groups is 2. The number of sulfonamides is 1. The molecule has 1 aromatic rings. The molecule has 7 nitrogen and oxygen atoms in total. The number of allylic oxidation sites excluding steroid dienone is 2. The van der Waals surface area contributed by atoms with Crippen LogP contribution < -0.4 is 10.5 Å². The average molecular weight is 434 g/mol. The molecule has 1 heterocycles. The molecule has 1 aliphatic carbocycles. The number of nitrogens with two attached hydrogens (primary N) is 1. The van der Waals surface area contributed by atoms with Crippen LogP contribution in [0, 0.1) is 23.2 Å². The van der Waals surface area contributed by atoms with E-state index >= 15 is 0 Å². The van der Waals surface area contributed by atoms with Gasteiger partial charge in [-0.2, -0.15) is 0 Å². The van der Waals surface area contributed by atoms with Crippen LogP contribution in [-0.2, 0) is 19.6 Å². The third-order valence-corrected chi connectivity index (χ3v) is 7.25. The Morgan fingerprint density at radius 2 is 1.70 bits per heavy atom. The Balaban J connectivity index is 1.53. The van der Waals surface area contributed by atoms with Crippen LogP contribution in [0.2, 0.25) is 0 Å². The minimum absolute atomic E-state index is 0.00161. The van der Waals surface area contributed by atoms with E-state index in [2.05, 4.69) is 39.1 Å². The Hall–Kier alpha value is -2.19. The Bertz CT molecular complexity index is 955. The number of nitrogens with one attached hydrogen (secondary N) is 1. The lowest BCUT2D eigenvalue weighted by Gasteiger charge is -2.32. The minimum Gasteiger partial charge on any atom is -0.342 e. The molecule has 1 saturated carbocycles. The summed E-state index contributed by atoms with van der Waals surface area (Å²) < 4.78 is 22.6. The van der Waals surface area contributed by atoms with Gasteiger partial charge in [0.25, 0.3) is 0 Å². The highest BCUT2D eigenvalue weighted by Crippen LogP contribution is 2.60. The van der Waals surface area contributed by atoms with Crippen molar-refractivity contribution < 1.29 is 18.0 Å². The van der Waals surface area contributed by atoms with Crippen LogP contribution in [0.25, 0.3) is 0 Å². The van der Waals surface area contributed by atoms with Gasteiger partial charge in [0.1, 0.15) is 0 Å². The Kier molecular flexibility index (Phi) is 6.11. The molecule has 0 radical (unpaired) electrons. The highest BCUT2D eigenvalue weighted by atomic mass is 32.2. The molecule has 2 aliphatic rings. The third kappa shape index (κ3) is 4.75. The van der Waals surface area contributed by atoms with E-state index in [0.717, 1.165) is 0 Å². The van der Waals surface area contributed by atoms with E-state index < -0.39 is 10.0 Å². The van der Waals surface area contributed by atoms with Crippen LogP contribution in [0.3, 0.4) is 0 Å². The van der Waals surface area contributed by atoms with E-state index in [1.54, 1.807) is 0 Å². The molecule has 1 aliphatic heterocycles. The summed E-state index contributed by atoms with van der Waals surface area (Å²) in [7, 11) is -3.76. The van der Waals surface area contributed by atoms with Gasteiger partial charge in [0.15, 0.2) is 0 Å². The second-order valence-electron chi connectivity index (χ2n) is 9.23. The predicted molar refractivity (Wildman–Crippen MR) is 116 cm³/mol. The molecule has 0 spiro atoms. The summed E-state index contributed by atoms with van der Waals surface area (Å²) in [4.78, 5) is 27.5. The van der Waals surface area contributed by atoms with Gasteiger partial charge in [-0.3, -0.25) is 9.59 Å². The SMILES string of the molecule is CC(C)=C[C@H]1[C@@H](C(=O)N2CCC(C(=O)Nc3ccc(S(N)(=O)=O)cc3)CC2)C1(C)C. The number of primary sulfonamides is 1. The lowest BCUT2D eigenvalue weighted by molar-refractivity contribution is -0.136. The maximum absolute atomic E-state index is 13.0. The first kappa shape index (κ1) is 22.5. The van der Waals surface area contributed by atoms with E-state index in [0.29, 0.717) is 31.6 Å². The fourth-order valence-electron chi connectivity index (χ4n) is 4.35. The van der Waals surface area contributed by atoms with Crippen molar-refractivity contribution in [1.82, 2.24) is 4.90 Å². The third-order valence-electron chi connectivity index (χ3n) is 6.32. The first-order chi connectivity index (χ1) is 13.9. The second kappa shape index (κ2) is 8.15. The van der Waals surface area contributed by atoms with Gasteiger partial charge in [0.05, 0.1) is 10.8 Å². The lowest BCUT2D eigenvalue weighted by Crippen LogP contribution is -2.42. The number of hydrogen-bond donors (Lipinski definition) is 2. The predicted octanol–water partition coefficient (Wildman–Crippen LogP) is 2.75. The Morgan fingerprint density at radius 3 is 2.20 bits per heavy atom. The van der Waals surface area contributed by atoms with Gasteiger partial charge in [-0.15, -0.1) is 0 Å². The fourth-order valence-corrected chi connectivity index (χ4v) is 4.87. The first-order valence-corrected chi connectivity index (χ1v) is 11.8. The van der Waals surface area contributed by atoms with E-state index in [-0.39, 0.29) is 39.9 Å². The number of piperidine rings is 1. The molecule has 30 heavy (non-hydrogen) atoms. The summed E-state index contributed by atoms with van der Waals surface area (Å²) in [5.41, 5.74) is 1.75. The van der Waals surface area contributed by atoms with Crippen molar-refractivity contribution >= 4 is 27.5 Å². The largest absolute Gasteiger partial charge is 0.342 e. The second-order valence-corrected chi connectivity index (χ2v) is 10.8. The molecule has 0 bridgehead atoms. The number of hydrogen-bond acceptors (Lipinski definition) is 4. The van der Waals surface area contributed by atoms with Crippen molar-refractivity contribution in [2.45, 2.75) is 45.4 Å². The number of benzene rings is 1. The summed E-state index contributed by atoms with van der Waals surface area (Å²) >= 11 is 0. The van der Waals surface area contributed by atoms with Gasteiger partial charge in [0, 0.05) is 24.7 Å². The number of nitrogens with zero attached hydrogens (tertiary/aromatic N) is 1. The number of rotatable bonds is 5. The van der Waals surface area contributed by atoms with Crippen LogP contribution >= 0.6 is 0 Å².